The monoisotopic (exact) mass is 327 g/mol. The van der Waals surface area contributed by atoms with Gasteiger partial charge in [-0.15, -0.1) is 0 Å². The van der Waals surface area contributed by atoms with Gasteiger partial charge in [0.1, 0.15) is 18.1 Å². The lowest BCUT2D eigenvalue weighted by Crippen LogP contribution is -2.32. The fourth-order valence-electron chi connectivity index (χ4n) is 2.28. The Bertz CT molecular complexity index is 650. The summed E-state index contributed by atoms with van der Waals surface area (Å²) in [6.07, 6.45) is 0. The van der Waals surface area contributed by atoms with Gasteiger partial charge in [0.15, 0.2) is 6.61 Å². The van der Waals surface area contributed by atoms with Crippen LogP contribution in [0.25, 0.3) is 0 Å². The molecule has 0 radical (unpaired) electrons. The van der Waals surface area contributed by atoms with Crippen LogP contribution in [0.5, 0.6) is 11.5 Å². The second kappa shape index (κ2) is 8.96. The molecule has 0 atom stereocenters. The van der Waals surface area contributed by atoms with Gasteiger partial charge in [-0.3, -0.25) is 4.79 Å². The van der Waals surface area contributed by atoms with E-state index >= 15 is 0 Å². The lowest BCUT2D eigenvalue weighted by atomic mass is 10.0. The summed E-state index contributed by atoms with van der Waals surface area (Å²) in [6, 6.07) is 15.6. The molecule has 2 aromatic rings. The first-order valence-electron chi connectivity index (χ1n) is 8.24. The Labute approximate surface area is 143 Å². The molecule has 24 heavy (non-hydrogen) atoms. The lowest BCUT2D eigenvalue weighted by Gasteiger charge is -2.13. The number of carbonyl (C=O) groups excluding carboxylic acids is 1. The molecule has 0 saturated carbocycles. The first-order valence-corrected chi connectivity index (χ1v) is 8.24. The van der Waals surface area contributed by atoms with E-state index in [0.717, 1.165) is 17.1 Å². The Balaban J connectivity index is 1.69. The van der Waals surface area contributed by atoms with E-state index in [2.05, 4.69) is 19.2 Å². The number of para-hydroxylation sites is 1. The predicted octanol–water partition coefficient (Wildman–Crippen LogP) is 3.69. The number of carbonyl (C=O) groups is 1. The number of benzene rings is 2. The second-order valence-corrected chi connectivity index (χ2v) is 5.99. The van der Waals surface area contributed by atoms with E-state index in [1.165, 1.54) is 5.56 Å². The summed E-state index contributed by atoms with van der Waals surface area (Å²) in [5, 5.41) is 2.79. The molecule has 0 aliphatic rings. The molecule has 0 bridgehead atoms. The minimum absolute atomic E-state index is 0.00820. The van der Waals surface area contributed by atoms with Gasteiger partial charge in [-0.05, 0) is 36.6 Å². The molecule has 0 aliphatic heterocycles. The molecular formula is C20H25NO3. The van der Waals surface area contributed by atoms with Crippen molar-refractivity contribution in [2.45, 2.75) is 26.7 Å². The van der Waals surface area contributed by atoms with E-state index in [9.17, 15) is 4.79 Å². The molecule has 0 heterocycles. The standard InChI is InChI=1S/C20H25NO3/c1-15(2)18-6-4-5-7-19(18)24-14-20(22)21-12-13-23-17-10-8-16(3)9-11-17/h4-11,15H,12-14H2,1-3H3,(H,21,22). The van der Waals surface area contributed by atoms with Crippen molar-refractivity contribution in [3.05, 3.63) is 59.7 Å². The Kier molecular flexibility index (Phi) is 6.67. The van der Waals surface area contributed by atoms with Gasteiger partial charge in [0, 0.05) is 0 Å². The van der Waals surface area contributed by atoms with Crippen molar-refractivity contribution in [3.63, 3.8) is 0 Å². The number of hydrogen-bond donors (Lipinski definition) is 1. The first-order chi connectivity index (χ1) is 11.6. The number of nitrogens with one attached hydrogen (secondary N) is 1. The van der Waals surface area contributed by atoms with E-state index in [0.29, 0.717) is 19.1 Å². The molecule has 1 N–H and O–H groups in total. The van der Waals surface area contributed by atoms with Crippen molar-refractivity contribution >= 4 is 5.91 Å². The van der Waals surface area contributed by atoms with E-state index < -0.39 is 0 Å². The second-order valence-electron chi connectivity index (χ2n) is 5.99. The molecule has 0 spiro atoms. The average Bonchev–Trinajstić information content (AvgIpc) is 2.58. The van der Waals surface area contributed by atoms with Crippen molar-refractivity contribution in [1.29, 1.82) is 0 Å². The zero-order valence-corrected chi connectivity index (χ0v) is 14.5. The third-order valence-corrected chi connectivity index (χ3v) is 3.61. The molecule has 2 aromatic carbocycles. The van der Waals surface area contributed by atoms with Gasteiger partial charge in [-0.2, -0.15) is 0 Å². The molecular weight excluding hydrogens is 302 g/mol. The average molecular weight is 327 g/mol. The summed E-state index contributed by atoms with van der Waals surface area (Å²) < 4.78 is 11.2. The number of amides is 1. The van der Waals surface area contributed by atoms with Gasteiger partial charge in [0.25, 0.3) is 5.91 Å². The normalized spacial score (nSPS) is 10.5. The molecule has 0 aliphatic carbocycles. The quantitative estimate of drug-likeness (QED) is 0.752. The lowest BCUT2D eigenvalue weighted by molar-refractivity contribution is -0.123. The van der Waals surface area contributed by atoms with Gasteiger partial charge in [-0.1, -0.05) is 49.7 Å². The Morgan fingerprint density at radius 2 is 1.75 bits per heavy atom. The molecule has 0 saturated heterocycles. The fraction of sp³-hybridized carbons (Fsp3) is 0.350. The van der Waals surface area contributed by atoms with Gasteiger partial charge < -0.3 is 14.8 Å². The number of aryl methyl sites for hydroxylation is 1. The van der Waals surface area contributed by atoms with E-state index in [-0.39, 0.29) is 12.5 Å². The fourth-order valence-corrected chi connectivity index (χ4v) is 2.28. The highest BCUT2D eigenvalue weighted by Gasteiger charge is 2.08. The van der Waals surface area contributed by atoms with Gasteiger partial charge >= 0.3 is 0 Å². The van der Waals surface area contributed by atoms with Crippen LogP contribution in [0.2, 0.25) is 0 Å². The first kappa shape index (κ1) is 17.9. The molecule has 0 fully saturated rings. The topological polar surface area (TPSA) is 47.6 Å². The van der Waals surface area contributed by atoms with Crippen molar-refractivity contribution in [1.82, 2.24) is 5.32 Å². The Hall–Kier alpha value is -2.49. The van der Waals surface area contributed by atoms with Gasteiger partial charge in [0.05, 0.1) is 6.54 Å². The zero-order valence-electron chi connectivity index (χ0n) is 14.5. The van der Waals surface area contributed by atoms with Crippen LogP contribution in [0.1, 0.15) is 30.9 Å². The predicted molar refractivity (Wildman–Crippen MR) is 95.7 cm³/mol. The van der Waals surface area contributed by atoms with E-state index in [4.69, 9.17) is 9.47 Å². The third-order valence-electron chi connectivity index (χ3n) is 3.61. The van der Waals surface area contributed by atoms with Gasteiger partial charge in [0.2, 0.25) is 0 Å². The highest BCUT2D eigenvalue weighted by molar-refractivity contribution is 5.77. The molecule has 4 heteroatoms. The van der Waals surface area contributed by atoms with Crippen LogP contribution >= 0.6 is 0 Å². The van der Waals surface area contributed by atoms with Crippen molar-refractivity contribution < 1.29 is 14.3 Å². The number of hydrogen-bond acceptors (Lipinski definition) is 3. The summed E-state index contributed by atoms with van der Waals surface area (Å²) in [5.74, 6) is 1.77. The molecule has 2 rings (SSSR count). The Morgan fingerprint density at radius 1 is 1.04 bits per heavy atom. The van der Waals surface area contributed by atoms with Crippen LogP contribution in [-0.4, -0.2) is 25.7 Å². The molecule has 0 aromatic heterocycles. The molecule has 1 amide bonds. The third kappa shape index (κ3) is 5.61. The summed E-state index contributed by atoms with van der Waals surface area (Å²) in [5.41, 5.74) is 2.29. The maximum atomic E-state index is 11.9. The maximum Gasteiger partial charge on any atom is 0.258 e. The van der Waals surface area contributed by atoms with Crippen LogP contribution in [0.4, 0.5) is 0 Å². The maximum absolute atomic E-state index is 11.9. The highest BCUT2D eigenvalue weighted by atomic mass is 16.5. The van der Waals surface area contributed by atoms with Crippen LogP contribution in [0, 0.1) is 6.92 Å². The summed E-state index contributed by atoms with van der Waals surface area (Å²) in [4.78, 5) is 11.9. The molecule has 0 unspecified atom stereocenters. The smallest absolute Gasteiger partial charge is 0.258 e. The molecule has 4 nitrogen and oxygen atoms in total. The van der Waals surface area contributed by atoms with Gasteiger partial charge in [-0.25, -0.2) is 0 Å². The van der Waals surface area contributed by atoms with Crippen LogP contribution < -0.4 is 14.8 Å². The van der Waals surface area contributed by atoms with E-state index in [1.54, 1.807) is 0 Å². The van der Waals surface area contributed by atoms with Crippen LogP contribution in [0.3, 0.4) is 0 Å². The molecule has 128 valence electrons. The SMILES string of the molecule is Cc1ccc(OCCNC(=O)COc2ccccc2C(C)C)cc1. The van der Waals surface area contributed by atoms with Crippen molar-refractivity contribution in [3.8, 4) is 11.5 Å². The highest BCUT2D eigenvalue weighted by Crippen LogP contribution is 2.25. The zero-order chi connectivity index (χ0) is 17.4. The van der Waals surface area contributed by atoms with Crippen LogP contribution in [-0.2, 0) is 4.79 Å². The van der Waals surface area contributed by atoms with Crippen LogP contribution in [0.15, 0.2) is 48.5 Å². The largest absolute Gasteiger partial charge is 0.492 e. The summed E-state index contributed by atoms with van der Waals surface area (Å²) in [7, 11) is 0. The Morgan fingerprint density at radius 3 is 2.46 bits per heavy atom. The summed E-state index contributed by atoms with van der Waals surface area (Å²) in [6.45, 7) is 7.12. The van der Waals surface area contributed by atoms with Crippen molar-refractivity contribution in [2.24, 2.45) is 0 Å². The minimum atomic E-state index is -0.152. The van der Waals surface area contributed by atoms with E-state index in [1.807, 2.05) is 55.5 Å². The van der Waals surface area contributed by atoms with Crippen molar-refractivity contribution in [2.75, 3.05) is 19.8 Å². The minimum Gasteiger partial charge on any atom is -0.492 e. The number of rotatable bonds is 8. The number of ether oxygens (including phenoxy) is 2. The summed E-state index contributed by atoms with van der Waals surface area (Å²) >= 11 is 0.